The third-order valence-corrected chi connectivity index (χ3v) is 2.46. The van der Waals surface area contributed by atoms with Gasteiger partial charge in [0.05, 0.1) is 18.1 Å². The number of aromatic carboxylic acids is 1. The summed E-state index contributed by atoms with van der Waals surface area (Å²) >= 11 is 0. The zero-order valence-corrected chi connectivity index (χ0v) is 9.97. The number of carbonyl (C=O) groups excluding carboxylic acids is 1. The maximum atomic E-state index is 11.6. The van der Waals surface area contributed by atoms with E-state index in [9.17, 15) is 9.59 Å². The Hall–Kier alpha value is -1.84. The van der Waals surface area contributed by atoms with Crippen LogP contribution in [0.3, 0.4) is 0 Å². The number of ether oxygens (including phenoxy) is 1. The van der Waals surface area contributed by atoms with Gasteiger partial charge in [0.1, 0.15) is 0 Å². The minimum absolute atomic E-state index is 0.211. The van der Waals surface area contributed by atoms with E-state index in [0.717, 1.165) is 12.0 Å². The van der Waals surface area contributed by atoms with Gasteiger partial charge in [-0.3, -0.25) is 4.79 Å². The minimum Gasteiger partial charge on any atom is -0.478 e. The molecule has 0 aliphatic heterocycles. The molecule has 92 valence electrons. The lowest BCUT2D eigenvalue weighted by atomic mass is 10.00. The van der Waals surface area contributed by atoms with Crippen molar-refractivity contribution in [1.29, 1.82) is 0 Å². The summed E-state index contributed by atoms with van der Waals surface area (Å²) < 4.78 is 5.03. The van der Waals surface area contributed by atoms with Crippen LogP contribution >= 0.6 is 0 Å². The molecule has 0 aliphatic rings. The summed E-state index contributed by atoms with van der Waals surface area (Å²) in [5.41, 5.74) is 0.971. The van der Waals surface area contributed by atoms with E-state index in [4.69, 9.17) is 9.84 Å². The molecule has 1 atom stereocenters. The Labute approximate surface area is 100 Å². The number of carboxylic acids is 1. The molecule has 4 nitrogen and oxygen atoms in total. The molecule has 0 saturated heterocycles. The first-order valence-electron chi connectivity index (χ1n) is 5.56. The zero-order valence-electron chi connectivity index (χ0n) is 9.97. The summed E-state index contributed by atoms with van der Waals surface area (Å²) in [4.78, 5) is 22.2. The van der Waals surface area contributed by atoms with Crippen LogP contribution in [0.2, 0.25) is 0 Å². The van der Waals surface area contributed by atoms with Crippen LogP contribution in [-0.4, -0.2) is 23.7 Å². The second-order valence-electron chi connectivity index (χ2n) is 3.82. The molecule has 0 bridgehead atoms. The highest BCUT2D eigenvalue weighted by Gasteiger charge is 2.16. The quantitative estimate of drug-likeness (QED) is 0.797. The van der Waals surface area contributed by atoms with Crippen LogP contribution in [0.5, 0.6) is 0 Å². The molecule has 0 unspecified atom stereocenters. The van der Waals surface area contributed by atoms with E-state index >= 15 is 0 Å². The van der Waals surface area contributed by atoms with E-state index in [1.165, 1.54) is 12.1 Å². The van der Waals surface area contributed by atoms with Crippen molar-refractivity contribution in [3.05, 3.63) is 35.4 Å². The smallest absolute Gasteiger partial charge is 0.335 e. The van der Waals surface area contributed by atoms with Gasteiger partial charge in [-0.2, -0.15) is 0 Å². The maximum absolute atomic E-state index is 11.6. The van der Waals surface area contributed by atoms with Crippen LogP contribution in [-0.2, 0) is 9.53 Å². The van der Waals surface area contributed by atoms with Crippen LogP contribution in [0.25, 0.3) is 0 Å². The number of rotatable bonds is 5. The molecule has 1 aromatic carbocycles. The van der Waals surface area contributed by atoms with Gasteiger partial charge in [-0.15, -0.1) is 0 Å². The first kappa shape index (κ1) is 13.2. The van der Waals surface area contributed by atoms with Gasteiger partial charge in [-0.1, -0.05) is 19.1 Å². The average Bonchev–Trinajstić information content (AvgIpc) is 2.35. The third kappa shape index (κ3) is 3.59. The Balaban J connectivity index is 2.72. The predicted molar refractivity (Wildman–Crippen MR) is 63.1 cm³/mol. The topological polar surface area (TPSA) is 63.6 Å². The minimum atomic E-state index is -0.974. The van der Waals surface area contributed by atoms with Crippen LogP contribution in [0, 0.1) is 0 Å². The van der Waals surface area contributed by atoms with Crippen LogP contribution in [0.1, 0.15) is 42.1 Å². The second-order valence-corrected chi connectivity index (χ2v) is 3.82. The summed E-state index contributed by atoms with van der Waals surface area (Å²) in [6.07, 6.45) is 0.788. The highest BCUT2D eigenvalue weighted by Crippen LogP contribution is 2.17. The summed E-state index contributed by atoms with van der Waals surface area (Å²) in [7, 11) is 0. The third-order valence-electron chi connectivity index (χ3n) is 2.46. The molecule has 0 amide bonds. The summed E-state index contributed by atoms with van der Waals surface area (Å²) in [5.74, 6) is -1.63. The zero-order chi connectivity index (χ0) is 12.8. The number of benzene rings is 1. The molecule has 17 heavy (non-hydrogen) atoms. The van der Waals surface area contributed by atoms with Gasteiger partial charge >= 0.3 is 11.9 Å². The molecule has 0 aliphatic carbocycles. The summed E-state index contributed by atoms with van der Waals surface area (Å²) in [5, 5.41) is 8.75. The van der Waals surface area contributed by atoms with E-state index in [1.54, 1.807) is 19.1 Å². The number of esters is 1. The number of hydrogen-bond donors (Lipinski definition) is 1. The Morgan fingerprint density at radius 3 is 2.35 bits per heavy atom. The number of carbonyl (C=O) groups is 2. The largest absolute Gasteiger partial charge is 0.478 e. The van der Waals surface area contributed by atoms with Gasteiger partial charge in [-0.25, -0.2) is 4.79 Å². The molecular weight excluding hydrogens is 220 g/mol. The molecular formula is C13H16O4. The van der Waals surface area contributed by atoms with E-state index in [-0.39, 0.29) is 17.5 Å². The molecule has 4 heteroatoms. The van der Waals surface area contributed by atoms with Crippen molar-refractivity contribution >= 4 is 11.9 Å². The van der Waals surface area contributed by atoms with E-state index in [0.29, 0.717) is 6.61 Å². The molecule has 0 radical (unpaired) electrons. The SMILES string of the molecule is CCCOC(=O)[C@@H](C)c1ccc(C(=O)O)cc1. The van der Waals surface area contributed by atoms with Gasteiger partial charge < -0.3 is 9.84 Å². The Morgan fingerprint density at radius 1 is 1.29 bits per heavy atom. The lowest BCUT2D eigenvalue weighted by Crippen LogP contribution is -2.13. The molecule has 0 spiro atoms. The normalized spacial score (nSPS) is 11.9. The fraction of sp³-hybridized carbons (Fsp3) is 0.385. The lowest BCUT2D eigenvalue weighted by molar-refractivity contribution is -0.145. The number of hydrogen-bond acceptors (Lipinski definition) is 3. The summed E-state index contributed by atoms with van der Waals surface area (Å²) in [6.45, 7) is 4.09. The van der Waals surface area contributed by atoms with Crippen LogP contribution < -0.4 is 0 Å². The van der Waals surface area contributed by atoms with Crippen molar-refractivity contribution in [2.45, 2.75) is 26.2 Å². The van der Waals surface area contributed by atoms with Crippen molar-refractivity contribution in [1.82, 2.24) is 0 Å². The molecule has 0 heterocycles. The second kappa shape index (κ2) is 6.03. The first-order valence-corrected chi connectivity index (χ1v) is 5.56. The van der Waals surface area contributed by atoms with E-state index < -0.39 is 5.97 Å². The molecule has 0 saturated carbocycles. The van der Waals surface area contributed by atoms with Gasteiger partial charge in [0, 0.05) is 0 Å². The fourth-order valence-electron chi connectivity index (χ4n) is 1.38. The highest BCUT2D eigenvalue weighted by molar-refractivity contribution is 5.87. The molecule has 1 N–H and O–H groups in total. The van der Waals surface area contributed by atoms with Crippen LogP contribution in [0.15, 0.2) is 24.3 Å². The Bertz CT molecular complexity index is 394. The predicted octanol–water partition coefficient (Wildman–Crippen LogP) is 2.44. The van der Waals surface area contributed by atoms with E-state index in [2.05, 4.69) is 0 Å². The standard InChI is InChI=1S/C13H16O4/c1-3-8-17-13(16)9(2)10-4-6-11(7-5-10)12(14)15/h4-7,9H,3,8H2,1-2H3,(H,14,15)/t9-/m0/s1. The van der Waals surface area contributed by atoms with Gasteiger partial charge in [0.15, 0.2) is 0 Å². The molecule has 1 rings (SSSR count). The molecule has 0 fully saturated rings. The van der Waals surface area contributed by atoms with Crippen molar-refractivity contribution < 1.29 is 19.4 Å². The number of carboxylic acid groups (broad SMARTS) is 1. The van der Waals surface area contributed by atoms with Crippen molar-refractivity contribution in [3.8, 4) is 0 Å². The Kier molecular flexibility index (Phi) is 4.69. The van der Waals surface area contributed by atoms with Crippen LogP contribution in [0.4, 0.5) is 0 Å². The monoisotopic (exact) mass is 236 g/mol. The fourth-order valence-corrected chi connectivity index (χ4v) is 1.38. The lowest BCUT2D eigenvalue weighted by Gasteiger charge is -2.11. The van der Waals surface area contributed by atoms with Crippen molar-refractivity contribution in [2.24, 2.45) is 0 Å². The molecule has 1 aromatic rings. The Morgan fingerprint density at radius 2 is 1.88 bits per heavy atom. The summed E-state index contributed by atoms with van der Waals surface area (Å²) in [6, 6.07) is 6.26. The maximum Gasteiger partial charge on any atom is 0.335 e. The highest BCUT2D eigenvalue weighted by atomic mass is 16.5. The molecule has 0 aromatic heterocycles. The van der Waals surface area contributed by atoms with Gasteiger partial charge in [-0.05, 0) is 31.0 Å². The van der Waals surface area contributed by atoms with Gasteiger partial charge in [0.25, 0.3) is 0 Å². The van der Waals surface area contributed by atoms with E-state index in [1.807, 2.05) is 6.92 Å². The van der Waals surface area contributed by atoms with Crippen molar-refractivity contribution in [3.63, 3.8) is 0 Å². The van der Waals surface area contributed by atoms with Crippen molar-refractivity contribution in [2.75, 3.05) is 6.61 Å². The van der Waals surface area contributed by atoms with Gasteiger partial charge in [0.2, 0.25) is 0 Å². The first-order chi connectivity index (χ1) is 8.06. The average molecular weight is 236 g/mol.